The Morgan fingerprint density at radius 2 is 1.95 bits per heavy atom. The van der Waals surface area contributed by atoms with Crippen molar-refractivity contribution in [3.8, 4) is 0 Å². The normalized spacial score (nSPS) is 10.5. The van der Waals surface area contributed by atoms with Crippen LogP contribution in [0.2, 0.25) is 0 Å². The Morgan fingerprint density at radius 3 is 2.57 bits per heavy atom. The molecule has 21 heavy (non-hydrogen) atoms. The van der Waals surface area contributed by atoms with Gasteiger partial charge in [0.1, 0.15) is 5.82 Å². The van der Waals surface area contributed by atoms with Crippen molar-refractivity contribution in [2.45, 2.75) is 13.5 Å². The SMILES string of the molecule is Cc1cc(F)c(Br)cc1NCc1ccc([N+](=O)[O-])c(F)c1. The minimum Gasteiger partial charge on any atom is -0.381 e. The molecule has 110 valence electrons. The van der Waals surface area contributed by atoms with E-state index in [9.17, 15) is 18.9 Å². The molecule has 0 aliphatic carbocycles. The van der Waals surface area contributed by atoms with Crippen LogP contribution in [-0.2, 0) is 6.54 Å². The quantitative estimate of drug-likeness (QED) is 0.645. The van der Waals surface area contributed by atoms with E-state index in [0.29, 0.717) is 21.3 Å². The van der Waals surface area contributed by atoms with Crippen LogP contribution in [0, 0.1) is 28.7 Å². The molecule has 7 heteroatoms. The third-order valence-electron chi connectivity index (χ3n) is 2.96. The van der Waals surface area contributed by atoms with Crippen molar-refractivity contribution >= 4 is 27.3 Å². The lowest BCUT2D eigenvalue weighted by atomic mass is 10.1. The molecule has 0 aromatic heterocycles. The molecule has 0 aliphatic heterocycles. The van der Waals surface area contributed by atoms with E-state index in [1.165, 1.54) is 12.1 Å². The maximum Gasteiger partial charge on any atom is 0.304 e. The number of anilines is 1. The van der Waals surface area contributed by atoms with Gasteiger partial charge in [0.15, 0.2) is 0 Å². The molecular weight excluding hydrogens is 346 g/mol. The number of nitro benzene ring substituents is 1. The second-order valence-corrected chi connectivity index (χ2v) is 5.33. The van der Waals surface area contributed by atoms with Gasteiger partial charge in [0.25, 0.3) is 0 Å². The van der Waals surface area contributed by atoms with Crippen molar-refractivity contribution in [2.24, 2.45) is 0 Å². The Labute approximate surface area is 128 Å². The molecule has 0 saturated heterocycles. The largest absolute Gasteiger partial charge is 0.381 e. The first-order valence-electron chi connectivity index (χ1n) is 6.01. The number of nitro groups is 1. The molecule has 4 nitrogen and oxygen atoms in total. The summed E-state index contributed by atoms with van der Waals surface area (Å²) >= 11 is 3.09. The lowest BCUT2D eigenvalue weighted by Crippen LogP contribution is -2.03. The van der Waals surface area contributed by atoms with E-state index < -0.39 is 16.4 Å². The number of aryl methyl sites for hydroxylation is 1. The predicted octanol–water partition coefficient (Wildman–Crippen LogP) is 4.56. The highest BCUT2D eigenvalue weighted by Crippen LogP contribution is 2.25. The molecule has 0 radical (unpaired) electrons. The van der Waals surface area contributed by atoms with E-state index in [4.69, 9.17) is 0 Å². The van der Waals surface area contributed by atoms with Crippen molar-refractivity contribution in [2.75, 3.05) is 5.32 Å². The minimum atomic E-state index is -0.878. The summed E-state index contributed by atoms with van der Waals surface area (Å²) in [6, 6.07) is 6.68. The summed E-state index contributed by atoms with van der Waals surface area (Å²) in [6.45, 7) is 2.02. The van der Waals surface area contributed by atoms with E-state index in [2.05, 4.69) is 21.2 Å². The zero-order valence-electron chi connectivity index (χ0n) is 11.0. The van der Waals surface area contributed by atoms with Crippen LogP contribution in [0.4, 0.5) is 20.2 Å². The Hall–Kier alpha value is -2.02. The molecule has 0 bridgehead atoms. The van der Waals surface area contributed by atoms with Crippen LogP contribution in [-0.4, -0.2) is 4.92 Å². The van der Waals surface area contributed by atoms with Gasteiger partial charge in [-0.3, -0.25) is 10.1 Å². The van der Waals surface area contributed by atoms with Crippen LogP contribution < -0.4 is 5.32 Å². The van der Waals surface area contributed by atoms with E-state index >= 15 is 0 Å². The Morgan fingerprint density at radius 1 is 1.24 bits per heavy atom. The second-order valence-electron chi connectivity index (χ2n) is 4.48. The highest BCUT2D eigenvalue weighted by molar-refractivity contribution is 9.10. The highest BCUT2D eigenvalue weighted by atomic mass is 79.9. The van der Waals surface area contributed by atoms with E-state index in [1.54, 1.807) is 13.0 Å². The molecule has 0 atom stereocenters. The van der Waals surface area contributed by atoms with Crippen molar-refractivity contribution in [1.82, 2.24) is 0 Å². The minimum absolute atomic E-state index is 0.272. The maximum absolute atomic E-state index is 13.5. The third-order valence-corrected chi connectivity index (χ3v) is 3.57. The fraction of sp³-hybridized carbons (Fsp3) is 0.143. The van der Waals surface area contributed by atoms with Crippen molar-refractivity contribution in [1.29, 1.82) is 0 Å². The lowest BCUT2D eigenvalue weighted by molar-refractivity contribution is -0.387. The summed E-state index contributed by atoms with van der Waals surface area (Å²) in [7, 11) is 0. The van der Waals surface area contributed by atoms with E-state index in [1.807, 2.05) is 0 Å². The van der Waals surface area contributed by atoms with Gasteiger partial charge in [-0.05, 0) is 52.2 Å². The van der Waals surface area contributed by atoms with Crippen LogP contribution in [0.5, 0.6) is 0 Å². The van der Waals surface area contributed by atoms with Crippen LogP contribution in [0.3, 0.4) is 0 Å². The molecule has 0 saturated carbocycles. The molecule has 2 aromatic rings. The van der Waals surface area contributed by atoms with Crippen LogP contribution in [0.1, 0.15) is 11.1 Å². The molecule has 1 N–H and O–H groups in total. The van der Waals surface area contributed by atoms with Gasteiger partial charge < -0.3 is 5.32 Å². The number of benzene rings is 2. The van der Waals surface area contributed by atoms with Gasteiger partial charge >= 0.3 is 5.69 Å². The lowest BCUT2D eigenvalue weighted by Gasteiger charge is -2.11. The average Bonchev–Trinajstić information content (AvgIpc) is 2.41. The van der Waals surface area contributed by atoms with Crippen molar-refractivity contribution in [3.05, 3.63) is 67.7 Å². The van der Waals surface area contributed by atoms with Gasteiger partial charge in [-0.15, -0.1) is 0 Å². The Balaban J connectivity index is 2.15. The summed E-state index contributed by atoms with van der Waals surface area (Å²) in [5.41, 5.74) is 1.40. The first-order valence-corrected chi connectivity index (χ1v) is 6.80. The van der Waals surface area contributed by atoms with Crippen molar-refractivity contribution in [3.63, 3.8) is 0 Å². The predicted molar refractivity (Wildman–Crippen MR) is 79.2 cm³/mol. The first kappa shape index (κ1) is 15.4. The van der Waals surface area contributed by atoms with Crippen LogP contribution in [0.15, 0.2) is 34.8 Å². The zero-order valence-corrected chi connectivity index (χ0v) is 12.6. The highest BCUT2D eigenvalue weighted by Gasteiger charge is 2.13. The molecule has 0 fully saturated rings. The number of rotatable bonds is 4. The fourth-order valence-corrected chi connectivity index (χ4v) is 2.19. The second kappa shape index (κ2) is 6.17. The fourth-order valence-electron chi connectivity index (χ4n) is 1.84. The van der Waals surface area contributed by atoms with Gasteiger partial charge in [-0.2, -0.15) is 4.39 Å². The monoisotopic (exact) mass is 356 g/mol. The molecule has 2 rings (SSSR count). The molecule has 0 spiro atoms. The topological polar surface area (TPSA) is 55.2 Å². The molecule has 0 amide bonds. The first-order chi connectivity index (χ1) is 9.88. The summed E-state index contributed by atoms with van der Waals surface area (Å²) in [4.78, 5) is 9.77. The standard InChI is InChI=1S/C14H11BrF2N2O2/c1-8-4-11(16)10(15)6-13(8)18-7-9-2-3-14(19(20)21)12(17)5-9/h2-6,18H,7H2,1H3. The van der Waals surface area contributed by atoms with E-state index in [-0.39, 0.29) is 12.4 Å². The summed E-state index contributed by atoms with van der Waals surface area (Å²) in [6.07, 6.45) is 0. The van der Waals surface area contributed by atoms with Crippen molar-refractivity contribution < 1.29 is 13.7 Å². The molecular formula is C14H11BrF2N2O2. The van der Waals surface area contributed by atoms with Gasteiger partial charge in [-0.1, -0.05) is 6.07 Å². The summed E-state index contributed by atoms with van der Waals surface area (Å²) in [5, 5.41) is 13.6. The zero-order chi connectivity index (χ0) is 15.6. The number of nitrogens with zero attached hydrogens (tertiary/aromatic N) is 1. The van der Waals surface area contributed by atoms with Gasteiger partial charge in [0, 0.05) is 18.3 Å². The molecule has 0 heterocycles. The van der Waals surface area contributed by atoms with Gasteiger partial charge in [0.05, 0.1) is 9.40 Å². The molecule has 2 aromatic carbocycles. The number of halogens is 3. The van der Waals surface area contributed by atoms with E-state index in [0.717, 1.165) is 12.1 Å². The Kier molecular flexibility index (Phi) is 4.52. The summed E-state index contributed by atoms with van der Waals surface area (Å²) < 4.78 is 27.1. The molecule has 0 unspecified atom stereocenters. The van der Waals surface area contributed by atoms with Gasteiger partial charge in [-0.25, -0.2) is 4.39 Å². The molecule has 0 aliphatic rings. The van der Waals surface area contributed by atoms with Crippen LogP contribution in [0.25, 0.3) is 0 Å². The van der Waals surface area contributed by atoms with Crippen LogP contribution >= 0.6 is 15.9 Å². The number of hydrogen-bond acceptors (Lipinski definition) is 3. The third kappa shape index (κ3) is 3.55. The number of nitrogens with one attached hydrogen (secondary N) is 1. The Bertz CT molecular complexity index is 708. The number of hydrogen-bond donors (Lipinski definition) is 1. The average molecular weight is 357 g/mol. The van der Waals surface area contributed by atoms with Gasteiger partial charge in [0.2, 0.25) is 5.82 Å². The maximum atomic E-state index is 13.5. The smallest absolute Gasteiger partial charge is 0.304 e. The summed E-state index contributed by atoms with van der Waals surface area (Å²) in [5.74, 6) is -1.24.